The minimum Gasteiger partial charge on any atom is -0.497 e. The number of rotatable bonds is 3. The lowest BCUT2D eigenvalue weighted by Gasteiger charge is -2.66. The zero-order valence-corrected chi connectivity index (χ0v) is 21.4. The minimum absolute atomic E-state index is 0.0329. The summed E-state index contributed by atoms with van der Waals surface area (Å²) in [6.45, 7) is 4.73. The van der Waals surface area contributed by atoms with Crippen LogP contribution in [0.2, 0.25) is 0 Å². The third kappa shape index (κ3) is 2.68. The molecule has 6 atom stereocenters. The van der Waals surface area contributed by atoms with E-state index in [9.17, 15) is 9.59 Å². The summed E-state index contributed by atoms with van der Waals surface area (Å²) in [5.41, 5.74) is 3.54. The molecule has 3 saturated heterocycles. The van der Waals surface area contributed by atoms with Gasteiger partial charge in [-0.05, 0) is 97.9 Å². The molecule has 7 heteroatoms. The van der Waals surface area contributed by atoms with Crippen LogP contribution in [-0.2, 0) is 16.6 Å². The van der Waals surface area contributed by atoms with E-state index in [1.807, 2.05) is 0 Å². The van der Waals surface area contributed by atoms with Crippen molar-refractivity contribution in [2.24, 2.45) is 23.2 Å². The number of fused-ring (bicyclic) bond motifs is 1. The maximum atomic E-state index is 13.8. The van der Waals surface area contributed by atoms with Crippen LogP contribution in [0, 0.1) is 23.2 Å². The molecule has 1 aromatic carbocycles. The zero-order chi connectivity index (χ0) is 24.2. The van der Waals surface area contributed by atoms with E-state index >= 15 is 0 Å². The number of nitrogens with one attached hydrogen (secondary N) is 1. The van der Waals surface area contributed by atoms with Crippen molar-refractivity contribution in [2.45, 2.75) is 62.4 Å². The van der Waals surface area contributed by atoms with Crippen molar-refractivity contribution in [3.05, 3.63) is 29.3 Å². The lowest BCUT2D eigenvalue weighted by molar-refractivity contribution is -0.123. The molecule has 3 amide bonds. The van der Waals surface area contributed by atoms with Crippen molar-refractivity contribution in [3.8, 4) is 5.75 Å². The van der Waals surface area contributed by atoms with Crippen molar-refractivity contribution in [1.82, 2.24) is 20.0 Å². The number of piperidine rings is 1. The molecule has 6 fully saturated rings. The second-order valence-electron chi connectivity index (χ2n) is 12.9. The van der Waals surface area contributed by atoms with Gasteiger partial charge in [0.05, 0.1) is 7.11 Å². The summed E-state index contributed by atoms with van der Waals surface area (Å²) < 4.78 is 5.76. The highest BCUT2D eigenvalue weighted by atomic mass is 16.5. The van der Waals surface area contributed by atoms with Crippen molar-refractivity contribution >= 4 is 11.9 Å². The fourth-order valence-electron chi connectivity index (χ4n) is 10.3. The Morgan fingerprint density at radius 2 is 2.08 bits per heavy atom. The van der Waals surface area contributed by atoms with E-state index in [1.165, 1.54) is 57.2 Å². The number of nitrogens with zero attached hydrogens (tertiary/aromatic N) is 3. The topological polar surface area (TPSA) is 65.1 Å². The second kappa shape index (κ2) is 7.40. The van der Waals surface area contributed by atoms with E-state index in [2.05, 4.69) is 33.3 Å². The minimum atomic E-state index is -0.0329. The summed E-state index contributed by atoms with van der Waals surface area (Å²) in [5.74, 6) is 2.93. The van der Waals surface area contributed by atoms with E-state index in [0.717, 1.165) is 24.6 Å². The molecule has 7 aliphatic rings. The highest BCUT2D eigenvalue weighted by Crippen LogP contribution is 2.75. The predicted molar refractivity (Wildman–Crippen MR) is 135 cm³/mol. The molecule has 0 spiro atoms. The molecule has 3 saturated carbocycles. The number of carbonyl (C=O) groups is 2. The SMILES string of the molecule is COc1ccc2c(c1)C13CCN(CC4CC4)C(C2)C12CCC1C3[C@@H](CN1C(=O)N1CCNC(=O)C1)C2. The van der Waals surface area contributed by atoms with Crippen molar-refractivity contribution in [3.63, 3.8) is 0 Å². The molecule has 0 radical (unpaired) electrons. The van der Waals surface area contributed by atoms with Crippen LogP contribution in [0.1, 0.15) is 49.7 Å². The van der Waals surface area contributed by atoms with Crippen LogP contribution in [-0.4, -0.2) is 85.1 Å². The highest BCUT2D eigenvalue weighted by molar-refractivity contribution is 5.85. The number of likely N-dealkylation sites (tertiary alicyclic amines) is 2. The molecule has 1 aromatic rings. The average molecular weight is 491 g/mol. The molecule has 8 rings (SSSR count). The van der Waals surface area contributed by atoms with Gasteiger partial charge in [0.25, 0.3) is 0 Å². The normalized spacial score (nSPS) is 40.5. The standard InChI is InChI=1S/C29H38N4O3/c1-36-21-5-4-19-12-24-28-7-6-23-26(29(28,22(19)13-21)8-10-31(24)15-18-2-3-18)20(14-28)16-33(23)27(35)32-11-9-30-25(34)17-32/h4-5,13,18,20,23-24,26H,2-3,6-12,14-17H2,1H3,(H,30,34)/t20-,23?,24?,26?,28?,29?/m1/s1. The summed E-state index contributed by atoms with van der Waals surface area (Å²) in [6, 6.07) is 7.90. The summed E-state index contributed by atoms with van der Waals surface area (Å²) >= 11 is 0. The fraction of sp³-hybridized carbons (Fsp3) is 0.724. The van der Waals surface area contributed by atoms with E-state index in [-0.39, 0.29) is 29.9 Å². The molecule has 192 valence electrons. The summed E-state index contributed by atoms with van der Waals surface area (Å²) in [6.07, 6.45) is 8.79. The Bertz CT molecular complexity index is 1140. The molecular formula is C29H38N4O3. The number of amides is 3. The van der Waals surface area contributed by atoms with Crippen LogP contribution < -0.4 is 10.1 Å². The number of hydrogen-bond donors (Lipinski definition) is 1. The van der Waals surface area contributed by atoms with Crippen molar-refractivity contribution < 1.29 is 14.3 Å². The molecular weight excluding hydrogens is 452 g/mol. The van der Waals surface area contributed by atoms with Gasteiger partial charge in [0, 0.05) is 43.7 Å². The molecule has 7 nitrogen and oxygen atoms in total. The summed E-state index contributed by atoms with van der Waals surface area (Å²) in [7, 11) is 1.79. The molecule has 1 N–H and O–H groups in total. The van der Waals surface area contributed by atoms with Gasteiger partial charge in [0.1, 0.15) is 12.3 Å². The molecule has 36 heavy (non-hydrogen) atoms. The van der Waals surface area contributed by atoms with Crippen LogP contribution >= 0.6 is 0 Å². The van der Waals surface area contributed by atoms with Gasteiger partial charge in [0.15, 0.2) is 0 Å². The largest absolute Gasteiger partial charge is 0.497 e. The maximum absolute atomic E-state index is 13.8. The summed E-state index contributed by atoms with van der Waals surface area (Å²) in [5, 5.41) is 2.87. The molecule has 3 heterocycles. The molecule has 5 unspecified atom stereocenters. The van der Waals surface area contributed by atoms with Crippen LogP contribution in [0.3, 0.4) is 0 Å². The monoisotopic (exact) mass is 490 g/mol. The van der Waals surface area contributed by atoms with Gasteiger partial charge in [-0.1, -0.05) is 6.07 Å². The Hall–Kier alpha value is -2.28. The van der Waals surface area contributed by atoms with Crippen LogP contribution in [0.4, 0.5) is 4.79 Å². The van der Waals surface area contributed by atoms with Crippen molar-refractivity contribution in [1.29, 1.82) is 0 Å². The van der Waals surface area contributed by atoms with Gasteiger partial charge in [0.2, 0.25) is 5.91 Å². The third-order valence-electron chi connectivity index (χ3n) is 11.6. The van der Waals surface area contributed by atoms with Gasteiger partial charge in [-0.2, -0.15) is 0 Å². The smallest absolute Gasteiger partial charge is 0.320 e. The Balaban J connectivity index is 1.21. The first-order valence-corrected chi connectivity index (χ1v) is 14.3. The number of carbonyl (C=O) groups excluding carboxylic acids is 2. The Morgan fingerprint density at radius 3 is 2.89 bits per heavy atom. The predicted octanol–water partition coefficient (Wildman–Crippen LogP) is 2.63. The first-order valence-electron chi connectivity index (χ1n) is 14.3. The number of ether oxygens (including phenoxy) is 1. The average Bonchev–Trinajstić information content (AvgIpc) is 3.58. The van der Waals surface area contributed by atoms with E-state index in [0.29, 0.717) is 36.4 Å². The molecule has 4 aliphatic carbocycles. The first kappa shape index (κ1) is 21.8. The third-order valence-corrected chi connectivity index (χ3v) is 11.6. The van der Waals surface area contributed by atoms with Crippen molar-refractivity contribution in [2.75, 3.05) is 46.4 Å². The van der Waals surface area contributed by atoms with Gasteiger partial charge in [-0.25, -0.2) is 4.79 Å². The van der Waals surface area contributed by atoms with Gasteiger partial charge in [-0.15, -0.1) is 0 Å². The molecule has 0 aromatic heterocycles. The lowest BCUT2D eigenvalue weighted by Crippen LogP contribution is -2.70. The van der Waals surface area contributed by atoms with E-state index in [4.69, 9.17) is 4.74 Å². The Kier molecular flexibility index (Phi) is 4.47. The molecule has 3 aliphatic heterocycles. The maximum Gasteiger partial charge on any atom is 0.320 e. The van der Waals surface area contributed by atoms with Gasteiger partial charge in [-0.3, -0.25) is 9.69 Å². The number of hydrogen-bond acceptors (Lipinski definition) is 4. The van der Waals surface area contributed by atoms with Crippen LogP contribution in [0.25, 0.3) is 0 Å². The number of benzene rings is 1. The van der Waals surface area contributed by atoms with Gasteiger partial charge >= 0.3 is 6.03 Å². The zero-order valence-electron chi connectivity index (χ0n) is 21.4. The van der Waals surface area contributed by atoms with E-state index < -0.39 is 0 Å². The summed E-state index contributed by atoms with van der Waals surface area (Å²) in [4.78, 5) is 32.7. The number of methoxy groups -OCH3 is 1. The van der Waals surface area contributed by atoms with Gasteiger partial charge < -0.3 is 19.9 Å². The Morgan fingerprint density at radius 1 is 1.19 bits per heavy atom. The number of piperazine rings is 1. The van der Waals surface area contributed by atoms with Crippen LogP contribution in [0.15, 0.2) is 18.2 Å². The molecule has 4 bridgehead atoms. The highest BCUT2D eigenvalue weighted by Gasteiger charge is 2.76. The fourth-order valence-corrected chi connectivity index (χ4v) is 10.3. The van der Waals surface area contributed by atoms with E-state index in [1.54, 1.807) is 17.6 Å². The quantitative estimate of drug-likeness (QED) is 0.708. The lowest BCUT2D eigenvalue weighted by atomic mass is 9.43. The number of urea groups is 1. The Labute approximate surface area is 213 Å². The first-order chi connectivity index (χ1) is 17.5. The van der Waals surface area contributed by atoms with Crippen LogP contribution in [0.5, 0.6) is 5.75 Å². The second-order valence-corrected chi connectivity index (χ2v) is 12.9.